The summed E-state index contributed by atoms with van der Waals surface area (Å²) in [6.45, 7) is 4.48. The number of amides is 1. The second kappa shape index (κ2) is 6.72. The van der Waals surface area contributed by atoms with Crippen molar-refractivity contribution < 1.29 is 9.18 Å². The van der Waals surface area contributed by atoms with Crippen LogP contribution in [0.25, 0.3) is 22.6 Å². The Bertz CT molecular complexity index is 1170. The fourth-order valence-electron chi connectivity index (χ4n) is 4.68. The number of pyridine rings is 1. The number of carbonyl (C=O) groups is 1. The topological polar surface area (TPSA) is 112 Å². The Morgan fingerprint density at radius 1 is 1.33 bits per heavy atom. The van der Waals surface area contributed by atoms with Gasteiger partial charge in [0.1, 0.15) is 23.1 Å². The Kier molecular flexibility index (Phi) is 4.23. The first kappa shape index (κ1) is 18.9. The number of carbonyl (C=O) groups excluding carboxylic acids is 1. The maximum absolute atomic E-state index is 14.0. The molecule has 1 amide bonds. The lowest BCUT2D eigenvalue weighted by Crippen LogP contribution is -2.30. The summed E-state index contributed by atoms with van der Waals surface area (Å²) in [7, 11) is 0. The monoisotopic (exact) mass is 409 g/mol. The smallest absolute Gasteiger partial charge is 0.236 e. The van der Waals surface area contributed by atoms with E-state index >= 15 is 0 Å². The average Bonchev–Trinajstić information content (AvgIpc) is 3.40. The Balaban J connectivity index is 1.65. The first-order chi connectivity index (χ1) is 14.4. The first-order valence-electron chi connectivity index (χ1n) is 10.4. The van der Waals surface area contributed by atoms with Crippen molar-refractivity contribution in [2.75, 3.05) is 11.1 Å². The molecule has 1 atom stereocenters. The van der Waals surface area contributed by atoms with Crippen LogP contribution in [-0.2, 0) is 16.8 Å². The van der Waals surface area contributed by atoms with Gasteiger partial charge in [0.05, 0.1) is 22.6 Å². The number of nitrogen functional groups attached to an aromatic ring is 1. The van der Waals surface area contributed by atoms with E-state index in [4.69, 9.17) is 10.8 Å². The predicted molar refractivity (Wildman–Crippen MR) is 111 cm³/mol. The van der Waals surface area contributed by atoms with Crippen LogP contribution in [0.2, 0.25) is 0 Å². The number of halogens is 1. The van der Waals surface area contributed by atoms with E-state index in [9.17, 15) is 9.18 Å². The van der Waals surface area contributed by atoms with Crippen LogP contribution in [0.3, 0.4) is 0 Å². The second-order valence-corrected chi connectivity index (χ2v) is 8.50. The summed E-state index contributed by atoms with van der Waals surface area (Å²) in [5, 5.41) is 8.06. The van der Waals surface area contributed by atoms with E-state index in [0.29, 0.717) is 40.4 Å². The minimum Gasteiger partial charge on any atom is -0.383 e. The summed E-state index contributed by atoms with van der Waals surface area (Å²) in [6.07, 6.45) is 6.53. The van der Waals surface area contributed by atoms with Gasteiger partial charge in [0.2, 0.25) is 5.91 Å². The van der Waals surface area contributed by atoms with E-state index in [1.807, 2.05) is 18.5 Å². The molecule has 1 aliphatic carbocycles. The fourth-order valence-corrected chi connectivity index (χ4v) is 4.68. The normalized spacial score (nSPS) is 21.4. The highest BCUT2D eigenvalue weighted by Crippen LogP contribution is 2.43. The van der Waals surface area contributed by atoms with Crippen LogP contribution < -0.4 is 11.1 Å². The van der Waals surface area contributed by atoms with Crippen molar-refractivity contribution in [3.63, 3.8) is 0 Å². The minimum absolute atomic E-state index is 0.150. The van der Waals surface area contributed by atoms with Gasteiger partial charge in [-0.05, 0) is 38.2 Å². The number of fused-ring (bicyclic) bond motifs is 2. The molecule has 8 nitrogen and oxygen atoms in total. The molecule has 5 rings (SSSR count). The number of hydrogen-bond acceptors (Lipinski definition) is 6. The van der Waals surface area contributed by atoms with Crippen molar-refractivity contribution >= 4 is 28.6 Å². The molecule has 3 aromatic heterocycles. The molecule has 2 aliphatic rings. The van der Waals surface area contributed by atoms with E-state index in [2.05, 4.69) is 20.3 Å². The lowest BCUT2D eigenvalue weighted by Gasteiger charge is -2.20. The molecule has 0 bridgehead atoms. The lowest BCUT2D eigenvalue weighted by molar-refractivity contribution is -0.120. The third-order valence-electron chi connectivity index (χ3n) is 6.60. The molecule has 3 aromatic rings. The maximum atomic E-state index is 14.0. The zero-order valence-electron chi connectivity index (χ0n) is 17.1. The Morgan fingerprint density at radius 2 is 2.10 bits per heavy atom. The number of rotatable bonds is 4. The third kappa shape index (κ3) is 2.75. The molecule has 0 aromatic carbocycles. The molecule has 3 N–H and O–H groups in total. The van der Waals surface area contributed by atoms with Gasteiger partial charge in [-0.2, -0.15) is 5.10 Å². The highest BCUT2D eigenvalue weighted by atomic mass is 19.1. The Labute approximate surface area is 173 Å². The summed E-state index contributed by atoms with van der Waals surface area (Å²) in [5.41, 5.74) is 7.13. The number of aromatic nitrogens is 5. The van der Waals surface area contributed by atoms with Crippen molar-refractivity contribution in [1.29, 1.82) is 0 Å². The molecular weight excluding hydrogens is 385 g/mol. The largest absolute Gasteiger partial charge is 0.383 e. The van der Waals surface area contributed by atoms with Gasteiger partial charge in [0, 0.05) is 6.54 Å². The molecule has 1 fully saturated rings. The van der Waals surface area contributed by atoms with Gasteiger partial charge in [-0.3, -0.25) is 4.79 Å². The molecular formula is C21H24FN7O. The van der Waals surface area contributed by atoms with Crippen molar-refractivity contribution in [3.05, 3.63) is 23.6 Å². The van der Waals surface area contributed by atoms with Crippen LogP contribution in [0, 0.1) is 11.7 Å². The summed E-state index contributed by atoms with van der Waals surface area (Å²) >= 11 is 0. The van der Waals surface area contributed by atoms with Crippen molar-refractivity contribution in [3.8, 4) is 11.5 Å². The van der Waals surface area contributed by atoms with Crippen LogP contribution in [0.15, 0.2) is 12.3 Å². The van der Waals surface area contributed by atoms with E-state index in [0.717, 1.165) is 19.4 Å². The predicted octanol–water partition coefficient (Wildman–Crippen LogP) is 3.42. The highest BCUT2D eigenvalue weighted by molar-refractivity contribution is 6.06. The number of anilines is 2. The van der Waals surface area contributed by atoms with Gasteiger partial charge in [0.25, 0.3) is 0 Å². The summed E-state index contributed by atoms with van der Waals surface area (Å²) in [4.78, 5) is 25.8. The number of nitrogens with two attached hydrogens (primary N) is 1. The van der Waals surface area contributed by atoms with Gasteiger partial charge >= 0.3 is 0 Å². The second-order valence-electron chi connectivity index (χ2n) is 8.50. The van der Waals surface area contributed by atoms with Gasteiger partial charge in [0.15, 0.2) is 11.5 Å². The van der Waals surface area contributed by atoms with Gasteiger partial charge in [-0.15, -0.1) is 0 Å². The minimum atomic E-state index is -0.768. The Hall–Kier alpha value is -3.10. The van der Waals surface area contributed by atoms with E-state index in [-0.39, 0.29) is 17.5 Å². The summed E-state index contributed by atoms with van der Waals surface area (Å²) in [6, 6.07) is 1.40. The highest BCUT2D eigenvalue weighted by Gasteiger charge is 2.44. The molecule has 0 spiro atoms. The standard InChI is InChI=1S/C21H24FN7O/c1-3-21(2)14-16(23)25-18(26-17(14)27-20(21)30)15-13-8-12(22)9-24-19(13)29(28-15)10-11-6-4-5-7-11/h8-9,11H,3-7,10H2,1-2H3,(H3,23,25,26,27,30). The third-order valence-corrected chi connectivity index (χ3v) is 6.60. The van der Waals surface area contributed by atoms with Gasteiger partial charge in [-0.25, -0.2) is 24.0 Å². The molecule has 0 radical (unpaired) electrons. The van der Waals surface area contributed by atoms with E-state index in [1.54, 1.807) is 0 Å². The van der Waals surface area contributed by atoms with Crippen molar-refractivity contribution in [2.45, 2.75) is 57.9 Å². The molecule has 30 heavy (non-hydrogen) atoms. The maximum Gasteiger partial charge on any atom is 0.236 e. The van der Waals surface area contributed by atoms with E-state index < -0.39 is 11.2 Å². The number of nitrogens with one attached hydrogen (secondary N) is 1. The fraction of sp³-hybridized carbons (Fsp3) is 0.476. The number of hydrogen-bond donors (Lipinski definition) is 2. The average molecular weight is 409 g/mol. The molecule has 156 valence electrons. The first-order valence-corrected chi connectivity index (χ1v) is 10.4. The van der Waals surface area contributed by atoms with Crippen LogP contribution in [0.1, 0.15) is 51.5 Å². The molecule has 4 heterocycles. The van der Waals surface area contributed by atoms with E-state index in [1.165, 1.54) is 25.1 Å². The summed E-state index contributed by atoms with van der Waals surface area (Å²) in [5.74, 6) is 0.820. The quantitative estimate of drug-likeness (QED) is 0.683. The number of nitrogens with zero attached hydrogens (tertiary/aromatic N) is 5. The molecule has 1 aliphatic heterocycles. The van der Waals surface area contributed by atoms with Crippen LogP contribution >= 0.6 is 0 Å². The molecule has 1 saturated carbocycles. The Morgan fingerprint density at radius 3 is 2.83 bits per heavy atom. The van der Waals surface area contributed by atoms with Crippen LogP contribution in [-0.4, -0.2) is 30.6 Å². The zero-order valence-corrected chi connectivity index (χ0v) is 17.1. The SMILES string of the molecule is CCC1(C)C(=O)Nc2nc(-c3nn(CC4CCCC4)c4ncc(F)cc34)nc(N)c21. The van der Waals surface area contributed by atoms with Gasteiger partial charge < -0.3 is 11.1 Å². The molecule has 1 unspecified atom stereocenters. The summed E-state index contributed by atoms with van der Waals surface area (Å²) < 4.78 is 15.8. The molecule has 0 saturated heterocycles. The van der Waals surface area contributed by atoms with Gasteiger partial charge in [-0.1, -0.05) is 19.8 Å². The zero-order chi connectivity index (χ0) is 21.0. The lowest BCUT2D eigenvalue weighted by atomic mass is 9.82. The molecule has 9 heteroatoms. The van der Waals surface area contributed by atoms with Crippen LogP contribution in [0.5, 0.6) is 0 Å². The van der Waals surface area contributed by atoms with Crippen molar-refractivity contribution in [1.82, 2.24) is 24.7 Å². The van der Waals surface area contributed by atoms with Crippen molar-refractivity contribution in [2.24, 2.45) is 5.92 Å². The van der Waals surface area contributed by atoms with Crippen LogP contribution in [0.4, 0.5) is 16.0 Å².